The van der Waals surface area contributed by atoms with E-state index in [0.29, 0.717) is 0 Å². The number of sulfone groups is 1. The predicted molar refractivity (Wildman–Crippen MR) is 71.9 cm³/mol. The molecule has 1 heterocycles. The van der Waals surface area contributed by atoms with Crippen LogP contribution in [-0.4, -0.2) is 51.0 Å². The molecule has 8 nitrogen and oxygen atoms in total. The molecule has 0 radical (unpaired) electrons. The second-order valence-electron chi connectivity index (χ2n) is 4.36. The van der Waals surface area contributed by atoms with Gasteiger partial charge in [-0.2, -0.15) is 0 Å². The molecule has 0 atom stereocenters. The molecule has 0 aromatic carbocycles. The fourth-order valence-electron chi connectivity index (χ4n) is 1.52. The molecule has 10 heteroatoms. The van der Waals surface area contributed by atoms with E-state index in [4.69, 9.17) is 5.11 Å². The van der Waals surface area contributed by atoms with E-state index in [2.05, 4.69) is 4.72 Å². The van der Waals surface area contributed by atoms with Crippen LogP contribution >= 0.6 is 0 Å². The van der Waals surface area contributed by atoms with Gasteiger partial charge in [-0.05, 0) is 12.5 Å². The number of aryl methyl sites for hydroxylation is 1. The first-order valence-electron chi connectivity index (χ1n) is 5.60. The lowest BCUT2D eigenvalue weighted by Gasteiger charge is -2.04. The van der Waals surface area contributed by atoms with Gasteiger partial charge in [-0.1, -0.05) is 0 Å². The minimum Gasteiger partial charge on any atom is -0.477 e. The van der Waals surface area contributed by atoms with Crippen molar-refractivity contribution in [3.05, 3.63) is 18.0 Å². The second-order valence-corrected chi connectivity index (χ2v) is 8.39. The minimum atomic E-state index is -3.84. The van der Waals surface area contributed by atoms with Crippen LogP contribution in [-0.2, 0) is 26.9 Å². The van der Waals surface area contributed by atoms with Crippen molar-refractivity contribution in [1.29, 1.82) is 0 Å². The van der Waals surface area contributed by atoms with E-state index in [0.717, 1.165) is 12.3 Å². The lowest BCUT2D eigenvalue weighted by Crippen LogP contribution is -2.25. The van der Waals surface area contributed by atoms with E-state index in [1.54, 1.807) is 0 Å². The number of nitrogens with zero attached hydrogens (tertiary/aromatic N) is 1. The molecule has 0 aliphatic heterocycles. The first kappa shape index (κ1) is 16.7. The van der Waals surface area contributed by atoms with Crippen LogP contribution in [0.25, 0.3) is 0 Å². The van der Waals surface area contributed by atoms with Gasteiger partial charge in [0.1, 0.15) is 20.4 Å². The molecular formula is C10H16N2O6S2. The number of carboxylic acid groups (broad SMARTS) is 1. The number of aromatic carboxylic acids is 1. The predicted octanol–water partition coefficient (Wildman–Crippen LogP) is -0.564. The molecule has 1 aromatic heterocycles. The van der Waals surface area contributed by atoms with Gasteiger partial charge in [0.15, 0.2) is 0 Å². The van der Waals surface area contributed by atoms with Gasteiger partial charge in [-0.25, -0.2) is 26.4 Å². The van der Waals surface area contributed by atoms with Crippen molar-refractivity contribution >= 4 is 25.8 Å². The maximum atomic E-state index is 11.9. The molecule has 0 unspecified atom stereocenters. The lowest BCUT2D eigenvalue weighted by atomic mass is 10.4. The van der Waals surface area contributed by atoms with Crippen molar-refractivity contribution in [3.63, 3.8) is 0 Å². The van der Waals surface area contributed by atoms with Gasteiger partial charge in [0.05, 0.1) is 5.75 Å². The van der Waals surface area contributed by atoms with E-state index < -0.39 is 25.8 Å². The number of hydrogen-bond donors (Lipinski definition) is 2. The topological polar surface area (TPSA) is 123 Å². The average Bonchev–Trinajstić information content (AvgIpc) is 2.66. The molecule has 0 fully saturated rings. The van der Waals surface area contributed by atoms with Gasteiger partial charge in [0, 0.05) is 26.0 Å². The highest BCUT2D eigenvalue weighted by atomic mass is 32.2. The Labute approximate surface area is 117 Å². The summed E-state index contributed by atoms with van der Waals surface area (Å²) in [6.45, 7) is -0.0350. The monoisotopic (exact) mass is 324 g/mol. The van der Waals surface area contributed by atoms with Gasteiger partial charge < -0.3 is 9.67 Å². The van der Waals surface area contributed by atoms with E-state index in [9.17, 15) is 21.6 Å². The van der Waals surface area contributed by atoms with E-state index in [-0.39, 0.29) is 29.3 Å². The Kier molecular flexibility index (Phi) is 4.95. The van der Waals surface area contributed by atoms with Crippen LogP contribution in [0.3, 0.4) is 0 Å². The summed E-state index contributed by atoms with van der Waals surface area (Å²) < 4.78 is 49.0. The number of carbonyl (C=O) groups is 1. The van der Waals surface area contributed by atoms with Gasteiger partial charge in [-0.15, -0.1) is 0 Å². The average molecular weight is 324 g/mol. The summed E-state index contributed by atoms with van der Waals surface area (Å²) in [4.78, 5) is 10.7. The first-order chi connectivity index (χ1) is 9.03. The summed E-state index contributed by atoms with van der Waals surface area (Å²) in [6.07, 6.45) is 2.40. The number of sulfonamides is 1. The zero-order valence-electron chi connectivity index (χ0n) is 11.0. The van der Waals surface area contributed by atoms with Gasteiger partial charge in [0.2, 0.25) is 10.0 Å². The molecule has 0 aliphatic carbocycles. The van der Waals surface area contributed by atoms with Gasteiger partial charge >= 0.3 is 5.97 Å². The van der Waals surface area contributed by atoms with Crippen LogP contribution in [0.4, 0.5) is 0 Å². The summed E-state index contributed by atoms with van der Waals surface area (Å²) in [5.74, 6) is -1.35. The normalized spacial score (nSPS) is 12.5. The van der Waals surface area contributed by atoms with Crippen molar-refractivity contribution in [2.24, 2.45) is 7.05 Å². The van der Waals surface area contributed by atoms with Crippen molar-refractivity contribution in [3.8, 4) is 0 Å². The summed E-state index contributed by atoms with van der Waals surface area (Å²) >= 11 is 0. The highest BCUT2D eigenvalue weighted by Gasteiger charge is 2.19. The Balaban J connectivity index is 2.75. The maximum Gasteiger partial charge on any atom is 0.352 e. The van der Waals surface area contributed by atoms with Crippen LogP contribution in [0.5, 0.6) is 0 Å². The summed E-state index contributed by atoms with van der Waals surface area (Å²) in [7, 11) is -5.56. The largest absolute Gasteiger partial charge is 0.477 e. The molecule has 0 bridgehead atoms. The highest BCUT2D eigenvalue weighted by Crippen LogP contribution is 2.13. The van der Waals surface area contributed by atoms with Gasteiger partial charge in [-0.3, -0.25) is 0 Å². The maximum absolute atomic E-state index is 11.9. The van der Waals surface area contributed by atoms with E-state index >= 15 is 0 Å². The third-order valence-corrected chi connectivity index (χ3v) is 4.95. The van der Waals surface area contributed by atoms with Crippen molar-refractivity contribution < 1.29 is 26.7 Å². The minimum absolute atomic E-state index is 0.0350. The van der Waals surface area contributed by atoms with Crippen LogP contribution in [0.1, 0.15) is 16.9 Å². The Bertz CT molecular complexity index is 702. The van der Waals surface area contributed by atoms with Crippen LogP contribution in [0, 0.1) is 0 Å². The fourth-order valence-corrected chi connectivity index (χ4v) is 3.33. The Morgan fingerprint density at radius 3 is 2.40 bits per heavy atom. The SMILES string of the molecule is Cn1cc(S(=O)(=O)NCCCS(C)(=O)=O)cc1C(=O)O. The number of nitrogens with one attached hydrogen (secondary N) is 1. The Morgan fingerprint density at radius 2 is 1.95 bits per heavy atom. The highest BCUT2D eigenvalue weighted by molar-refractivity contribution is 7.90. The summed E-state index contributed by atoms with van der Waals surface area (Å²) in [6, 6.07) is 1.04. The van der Waals surface area contributed by atoms with Crippen molar-refractivity contribution in [2.75, 3.05) is 18.6 Å². The van der Waals surface area contributed by atoms with E-state index in [1.165, 1.54) is 17.8 Å². The molecule has 0 saturated heterocycles. The zero-order chi connectivity index (χ0) is 15.6. The fraction of sp³-hybridized carbons (Fsp3) is 0.500. The van der Waals surface area contributed by atoms with Crippen LogP contribution < -0.4 is 4.72 Å². The van der Waals surface area contributed by atoms with Crippen molar-refractivity contribution in [1.82, 2.24) is 9.29 Å². The number of carboxylic acids is 1. The van der Waals surface area contributed by atoms with Crippen LogP contribution in [0.2, 0.25) is 0 Å². The second kappa shape index (κ2) is 5.94. The van der Waals surface area contributed by atoms with Crippen LogP contribution in [0.15, 0.2) is 17.2 Å². The Hall–Kier alpha value is -1.39. The molecular weight excluding hydrogens is 308 g/mol. The Morgan fingerprint density at radius 1 is 1.35 bits per heavy atom. The molecule has 2 N–H and O–H groups in total. The molecule has 0 aliphatic rings. The van der Waals surface area contributed by atoms with E-state index in [1.807, 2.05) is 0 Å². The lowest BCUT2D eigenvalue weighted by molar-refractivity contribution is 0.0686. The number of hydrogen-bond acceptors (Lipinski definition) is 5. The molecule has 0 saturated carbocycles. The molecule has 1 aromatic rings. The quantitative estimate of drug-likeness (QED) is 0.648. The first-order valence-corrected chi connectivity index (χ1v) is 9.14. The summed E-state index contributed by atoms with van der Waals surface area (Å²) in [5, 5.41) is 8.85. The molecule has 0 spiro atoms. The third-order valence-electron chi connectivity index (χ3n) is 2.49. The zero-order valence-corrected chi connectivity index (χ0v) is 12.7. The molecule has 1 rings (SSSR count). The summed E-state index contributed by atoms with van der Waals surface area (Å²) in [5.41, 5.74) is -0.151. The van der Waals surface area contributed by atoms with Gasteiger partial charge in [0.25, 0.3) is 0 Å². The van der Waals surface area contributed by atoms with Crippen molar-refractivity contribution in [2.45, 2.75) is 11.3 Å². The number of aromatic nitrogens is 1. The molecule has 114 valence electrons. The number of rotatable bonds is 7. The standard InChI is InChI=1S/C10H16N2O6S2/c1-12-7-8(6-9(12)10(13)14)20(17,18)11-4-3-5-19(2,15)16/h6-7,11H,3-5H2,1-2H3,(H,13,14). The smallest absolute Gasteiger partial charge is 0.352 e. The molecule has 20 heavy (non-hydrogen) atoms. The molecule has 0 amide bonds. The third kappa shape index (κ3) is 4.62.